The van der Waals surface area contributed by atoms with Crippen LogP contribution < -0.4 is 15.8 Å². The molecular weight excluding hydrogens is 230 g/mol. The lowest BCUT2D eigenvalue weighted by Gasteiger charge is -2.34. The summed E-state index contributed by atoms with van der Waals surface area (Å²) in [7, 11) is 1.65. The fourth-order valence-electron chi connectivity index (χ4n) is 2.73. The van der Waals surface area contributed by atoms with Gasteiger partial charge in [-0.1, -0.05) is 0 Å². The van der Waals surface area contributed by atoms with Crippen LogP contribution in [0, 0.1) is 0 Å². The van der Waals surface area contributed by atoms with Crippen molar-refractivity contribution in [1.29, 1.82) is 0 Å². The highest BCUT2D eigenvalue weighted by molar-refractivity contribution is 5.43. The normalized spacial score (nSPS) is 28.1. The van der Waals surface area contributed by atoms with Gasteiger partial charge in [-0.15, -0.1) is 0 Å². The van der Waals surface area contributed by atoms with E-state index in [0.29, 0.717) is 17.8 Å². The predicted molar refractivity (Wildman–Crippen MR) is 70.6 cm³/mol. The summed E-state index contributed by atoms with van der Waals surface area (Å²) in [4.78, 5) is 4.15. The standard InChI is InChI=1S/C13H21N3O2/c1-8-3-9(4-10(7-17)16-8)11-6-15-13(14)5-12(11)18-2/h5-6,8-10,16-17H,3-4,7H2,1-2H3,(H2,14,15). The van der Waals surface area contributed by atoms with Crippen LogP contribution >= 0.6 is 0 Å². The van der Waals surface area contributed by atoms with E-state index in [2.05, 4.69) is 17.2 Å². The Morgan fingerprint density at radius 3 is 3.00 bits per heavy atom. The summed E-state index contributed by atoms with van der Waals surface area (Å²) in [5.74, 6) is 1.61. The third-order valence-electron chi connectivity index (χ3n) is 3.52. The lowest BCUT2D eigenvalue weighted by atomic mass is 9.84. The largest absolute Gasteiger partial charge is 0.496 e. The molecule has 100 valence electrons. The molecule has 1 aromatic rings. The first-order valence-corrected chi connectivity index (χ1v) is 6.30. The number of anilines is 1. The smallest absolute Gasteiger partial charge is 0.127 e. The number of nitrogen functional groups attached to an aromatic ring is 1. The van der Waals surface area contributed by atoms with Gasteiger partial charge in [0.1, 0.15) is 11.6 Å². The van der Waals surface area contributed by atoms with Crippen LogP contribution in [0.25, 0.3) is 0 Å². The average Bonchev–Trinajstić information content (AvgIpc) is 2.37. The number of aliphatic hydroxyl groups is 1. The molecule has 0 spiro atoms. The molecule has 1 aromatic heterocycles. The number of piperidine rings is 1. The van der Waals surface area contributed by atoms with Crippen LogP contribution in [0.4, 0.5) is 5.82 Å². The molecule has 1 fully saturated rings. The van der Waals surface area contributed by atoms with Gasteiger partial charge in [-0.3, -0.25) is 0 Å². The Hall–Kier alpha value is -1.33. The summed E-state index contributed by atoms with van der Waals surface area (Å²) in [5, 5.41) is 12.7. The summed E-state index contributed by atoms with van der Waals surface area (Å²) in [6.07, 6.45) is 3.70. The summed E-state index contributed by atoms with van der Waals surface area (Å²) in [6.45, 7) is 2.29. The molecule has 0 aromatic carbocycles. The van der Waals surface area contributed by atoms with E-state index in [1.165, 1.54) is 0 Å². The highest BCUT2D eigenvalue weighted by atomic mass is 16.5. The number of nitrogens with one attached hydrogen (secondary N) is 1. The molecule has 3 atom stereocenters. The fourth-order valence-corrected chi connectivity index (χ4v) is 2.73. The zero-order chi connectivity index (χ0) is 13.1. The van der Waals surface area contributed by atoms with Crippen molar-refractivity contribution in [2.45, 2.75) is 37.8 Å². The predicted octanol–water partition coefficient (Wildman–Crippen LogP) is 0.889. The van der Waals surface area contributed by atoms with Gasteiger partial charge in [0.15, 0.2) is 0 Å². The van der Waals surface area contributed by atoms with Gasteiger partial charge >= 0.3 is 0 Å². The van der Waals surface area contributed by atoms with E-state index in [1.54, 1.807) is 19.4 Å². The third kappa shape index (κ3) is 2.73. The van der Waals surface area contributed by atoms with E-state index in [1.807, 2.05) is 0 Å². The number of aromatic nitrogens is 1. The third-order valence-corrected chi connectivity index (χ3v) is 3.52. The maximum Gasteiger partial charge on any atom is 0.127 e. The molecule has 4 N–H and O–H groups in total. The first-order chi connectivity index (χ1) is 8.63. The molecule has 1 aliphatic rings. The van der Waals surface area contributed by atoms with Gasteiger partial charge in [-0.25, -0.2) is 4.98 Å². The second-order valence-electron chi connectivity index (χ2n) is 4.97. The number of aliphatic hydroxyl groups excluding tert-OH is 1. The van der Waals surface area contributed by atoms with Crippen molar-refractivity contribution in [3.8, 4) is 5.75 Å². The van der Waals surface area contributed by atoms with Gasteiger partial charge in [0.2, 0.25) is 0 Å². The van der Waals surface area contributed by atoms with Crippen molar-refractivity contribution in [3.63, 3.8) is 0 Å². The van der Waals surface area contributed by atoms with Crippen molar-refractivity contribution >= 4 is 5.82 Å². The zero-order valence-electron chi connectivity index (χ0n) is 10.9. The van der Waals surface area contributed by atoms with Gasteiger partial charge in [0, 0.05) is 29.9 Å². The fraction of sp³-hybridized carbons (Fsp3) is 0.615. The number of pyridine rings is 1. The lowest BCUT2D eigenvalue weighted by Crippen LogP contribution is -2.45. The minimum atomic E-state index is 0.140. The molecule has 3 unspecified atom stereocenters. The molecule has 0 saturated carbocycles. The number of nitrogens with zero attached hydrogens (tertiary/aromatic N) is 1. The number of nitrogens with two attached hydrogens (primary N) is 1. The van der Waals surface area contributed by atoms with Crippen LogP contribution in [0.1, 0.15) is 31.2 Å². The molecule has 0 amide bonds. The molecule has 5 nitrogen and oxygen atoms in total. The monoisotopic (exact) mass is 251 g/mol. The molecule has 0 aliphatic carbocycles. The Bertz CT molecular complexity index is 411. The van der Waals surface area contributed by atoms with E-state index < -0.39 is 0 Å². The minimum absolute atomic E-state index is 0.140. The van der Waals surface area contributed by atoms with Crippen LogP contribution in [0.15, 0.2) is 12.3 Å². The number of hydrogen-bond acceptors (Lipinski definition) is 5. The van der Waals surface area contributed by atoms with Crippen molar-refractivity contribution < 1.29 is 9.84 Å². The van der Waals surface area contributed by atoms with Gasteiger partial charge in [-0.05, 0) is 25.7 Å². The molecular formula is C13H21N3O2. The molecule has 2 heterocycles. The van der Waals surface area contributed by atoms with Crippen molar-refractivity contribution in [3.05, 3.63) is 17.8 Å². The van der Waals surface area contributed by atoms with Crippen molar-refractivity contribution in [2.75, 3.05) is 19.5 Å². The number of methoxy groups -OCH3 is 1. The zero-order valence-corrected chi connectivity index (χ0v) is 10.9. The Morgan fingerprint density at radius 2 is 2.33 bits per heavy atom. The van der Waals surface area contributed by atoms with E-state index in [0.717, 1.165) is 24.2 Å². The second kappa shape index (κ2) is 5.54. The van der Waals surface area contributed by atoms with Gasteiger partial charge in [0.05, 0.1) is 13.7 Å². The molecule has 1 saturated heterocycles. The van der Waals surface area contributed by atoms with Gasteiger partial charge in [0.25, 0.3) is 0 Å². The number of hydrogen-bond donors (Lipinski definition) is 3. The molecule has 5 heteroatoms. The highest BCUT2D eigenvalue weighted by Crippen LogP contribution is 2.35. The first kappa shape index (κ1) is 13.1. The molecule has 0 radical (unpaired) electrons. The molecule has 0 bridgehead atoms. The SMILES string of the molecule is COc1cc(N)ncc1C1CC(C)NC(CO)C1. The number of ether oxygens (including phenoxy) is 1. The van der Waals surface area contributed by atoms with Crippen molar-refractivity contribution in [1.82, 2.24) is 10.3 Å². The Labute approximate surface area is 107 Å². The van der Waals surface area contributed by atoms with Crippen LogP contribution in [0.2, 0.25) is 0 Å². The van der Waals surface area contributed by atoms with Gasteiger partial charge < -0.3 is 20.9 Å². The topological polar surface area (TPSA) is 80.4 Å². The maximum atomic E-state index is 9.31. The molecule has 2 rings (SSSR count). The van der Waals surface area contributed by atoms with E-state index in [4.69, 9.17) is 10.5 Å². The van der Waals surface area contributed by atoms with E-state index >= 15 is 0 Å². The Morgan fingerprint density at radius 1 is 1.56 bits per heavy atom. The van der Waals surface area contributed by atoms with Crippen molar-refractivity contribution in [2.24, 2.45) is 0 Å². The number of rotatable bonds is 3. The first-order valence-electron chi connectivity index (χ1n) is 6.30. The summed E-state index contributed by atoms with van der Waals surface area (Å²) in [5.41, 5.74) is 6.75. The Kier molecular flexibility index (Phi) is 4.04. The summed E-state index contributed by atoms with van der Waals surface area (Å²) >= 11 is 0. The summed E-state index contributed by atoms with van der Waals surface area (Å²) < 4.78 is 5.38. The highest BCUT2D eigenvalue weighted by Gasteiger charge is 2.28. The van der Waals surface area contributed by atoms with Crippen LogP contribution in [-0.4, -0.2) is 35.9 Å². The quantitative estimate of drug-likeness (QED) is 0.743. The minimum Gasteiger partial charge on any atom is -0.496 e. The lowest BCUT2D eigenvalue weighted by molar-refractivity contribution is 0.189. The summed E-state index contributed by atoms with van der Waals surface area (Å²) in [6, 6.07) is 2.28. The van der Waals surface area contributed by atoms with E-state index in [-0.39, 0.29) is 12.6 Å². The van der Waals surface area contributed by atoms with E-state index in [9.17, 15) is 5.11 Å². The van der Waals surface area contributed by atoms with Crippen LogP contribution in [0.3, 0.4) is 0 Å². The van der Waals surface area contributed by atoms with Gasteiger partial charge in [-0.2, -0.15) is 0 Å². The molecule has 18 heavy (non-hydrogen) atoms. The van der Waals surface area contributed by atoms with Crippen LogP contribution in [0.5, 0.6) is 5.75 Å². The maximum absolute atomic E-state index is 9.31. The Balaban J connectivity index is 2.24. The second-order valence-corrected chi connectivity index (χ2v) is 4.97. The average molecular weight is 251 g/mol. The molecule has 1 aliphatic heterocycles. The van der Waals surface area contributed by atoms with Crippen LogP contribution in [-0.2, 0) is 0 Å².